The average molecular weight is 456 g/mol. The van der Waals surface area contributed by atoms with Crippen LogP contribution in [0, 0.1) is 6.92 Å². The predicted molar refractivity (Wildman–Crippen MR) is 134 cm³/mol. The van der Waals surface area contributed by atoms with Crippen LogP contribution in [-0.4, -0.2) is 35.7 Å². The van der Waals surface area contributed by atoms with E-state index >= 15 is 0 Å². The molecule has 1 aromatic heterocycles. The molecule has 1 aliphatic rings. The molecule has 0 radical (unpaired) electrons. The highest BCUT2D eigenvalue weighted by Crippen LogP contribution is 2.33. The lowest BCUT2D eigenvalue weighted by Crippen LogP contribution is -2.24. The van der Waals surface area contributed by atoms with Crippen molar-refractivity contribution in [2.75, 3.05) is 25.2 Å². The van der Waals surface area contributed by atoms with Crippen LogP contribution in [0.3, 0.4) is 0 Å². The molecule has 1 saturated heterocycles. The van der Waals surface area contributed by atoms with Gasteiger partial charge >= 0.3 is 0 Å². The fraction of sp³-hybridized carbons (Fsp3) is 0.286. The fourth-order valence-electron chi connectivity index (χ4n) is 4.58. The number of nitrogens with zero attached hydrogens (tertiary/aromatic N) is 3. The number of benzene rings is 3. The molecule has 2 heterocycles. The maximum Gasteiger partial charge on any atom is 0.227 e. The van der Waals surface area contributed by atoms with Crippen LogP contribution in [0.5, 0.6) is 11.5 Å². The zero-order valence-corrected chi connectivity index (χ0v) is 19.6. The van der Waals surface area contributed by atoms with E-state index in [2.05, 4.69) is 17.6 Å². The number of para-hydroxylation sites is 2. The molecule has 0 bridgehead atoms. The summed E-state index contributed by atoms with van der Waals surface area (Å²) in [6, 6.07) is 24.0. The minimum Gasteiger partial charge on any atom is -0.497 e. The molecule has 5 rings (SSSR count). The number of carbonyl (C=O) groups is 1. The molecule has 4 aromatic rings. The normalized spacial score (nSPS) is 15.8. The largest absolute Gasteiger partial charge is 0.497 e. The Morgan fingerprint density at radius 3 is 2.47 bits per heavy atom. The Bertz CT molecular complexity index is 1280. The highest BCUT2D eigenvalue weighted by Gasteiger charge is 2.34. The lowest BCUT2D eigenvalue weighted by Gasteiger charge is -2.18. The Balaban J connectivity index is 1.32. The van der Waals surface area contributed by atoms with Crippen molar-refractivity contribution in [2.45, 2.75) is 32.2 Å². The number of aryl methyl sites for hydroxylation is 2. The molecule has 0 saturated carbocycles. The van der Waals surface area contributed by atoms with Crippen LogP contribution >= 0.6 is 0 Å². The molecule has 1 atom stereocenters. The summed E-state index contributed by atoms with van der Waals surface area (Å²) in [7, 11) is 1.65. The lowest BCUT2D eigenvalue weighted by molar-refractivity contribution is -0.117. The van der Waals surface area contributed by atoms with Crippen LogP contribution in [0.1, 0.15) is 30.1 Å². The van der Waals surface area contributed by atoms with Gasteiger partial charge in [0.1, 0.15) is 17.3 Å². The van der Waals surface area contributed by atoms with E-state index in [1.54, 1.807) is 7.11 Å². The number of imidazole rings is 1. The van der Waals surface area contributed by atoms with Crippen molar-refractivity contribution >= 4 is 22.6 Å². The summed E-state index contributed by atoms with van der Waals surface area (Å²) in [5.74, 6) is 2.83. The Kier molecular flexibility index (Phi) is 6.21. The zero-order chi connectivity index (χ0) is 23.5. The lowest BCUT2D eigenvalue weighted by atomic mass is 10.1. The van der Waals surface area contributed by atoms with Gasteiger partial charge in [0.2, 0.25) is 5.91 Å². The molecule has 6 heteroatoms. The molecular formula is C28H29N3O3. The monoisotopic (exact) mass is 455 g/mol. The fourth-order valence-corrected chi connectivity index (χ4v) is 4.58. The minimum absolute atomic E-state index is 0.0590. The van der Waals surface area contributed by atoms with Gasteiger partial charge in [-0.3, -0.25) is 4.79 Å². The van der Waals surface area contributed by atoms with Crippen LogP contribution in [0.25, 0.3) is 11.0 Å². The molecule has 6 nitrogen and oxygen atoms in total. The smallest absolute Gasteiger partial charge is 0.227 e. The van der Waals surface area contributed by atoms with Crippen molar-refractivity contribution in [3.63, 3.8) is 0 Å². The number of amides is 1. The second-order valence-electron chi connectivity index (χ2n) is 8.73. The third-order valence-corrected chi connectivity index (χ3v) is 6.37. The van der Waals surface area contributed by atoms with Gasteiger partial charge in [-0.1, -0.05) is 29.8 Å². The molecule has 1 unspecified atom stereocenters. The Labute approximate surface area is 199 Å². The van der Waals surface area contributed by atoms with Gasteiger partial charge in [0, 0.05) is 31.1 Å². The molecule has 34 heavy (non-hydrogen) atoms. The quantitative estimate of drug-likeness (QED) is 0.337. The second-order valence-corrected chi connectivity index (χ2v) is 8.73. The van der Waals surface area contributed by atoms with Gasteiger partial charge in [0.05, 0.1) is 24.8 Å². The maximum absolute atomic E-state index is 12.9. The van der Waals surface area contributed by atoms with E-state index in [0.717, 1.165) is 47.0 Å². The molecule has 174 valence electrons. The molecule has 0 N–H and O–H groups in total. The number of aromatic nitrogens is 2. The van der Waals surface area contributed by atoms with Gasteiger partial charge in [-0.05, 0) is 61.9 Å². The highest BCUT2D eigenvalue weighted by molar-refractivity contribution is 5.96. The predicted octanol–water partition coefficient (Wildman–Crippen LogP) is 5.34. The number of fused-ring (bicyclic) bond motifs is 1. The summed E-state index contributed by atoms with van der Waals surface area (Å²) < 4.78 is 13.4. The summed E-state index contributed by atoms with van der Waals surface area (Å²) in [6.45, 7) is 4.07. The first kappa shape index (κ1) is 22.0. The van der Waals surface area contributed by atoms with E-state index in [0.29, 0.717) is 19.6 Å². The number of anilines is 1. The van der Waals surface area contributed by atoms with Crippen LogP contribution in [0.4, 0.5) is 5.69 Å². The number of ether oxygens (including phenoxy) is 2. The van der Waals surface area contributed by atoms with Crippen LogP contribution in [-0.2, 0) is 11.3 Å². The van der Waals surface area contributed by atoms with Crippen LogP contribution < -0.4 is 14.4 Å². The Hall–Kier alpha value is -3.80. The van der Waals surface area contributed by atoms with E-state index in [1.165, 1.54) is 5.56 Å². The Morgan fingerprint density at radius 1 is 0.971 bits per heavy atom. The highest BCUT2D eigenvalue weighted by atomic mass is 16.5. The second kappa shape index (κ2) is 9.59. The summed E-state index contributed by atoms with van der Waals surface area (Å²) in [6.07, 6.45) is 1.31. The molecule has 1 amide bonds. The van der Waals surface area contributed by atoms with Gasteiger partial charge in [-0.2, -0.15) is 0 Å². The van der Waals surface area contributed by atoms with Gasteiger partial charge in [-0.15, -0.1) is 0 Å². The number of methoxy groups -OCH3 is 1. The molecule has 3 aromatic carbocycles. The van der Waals surface area contributed by atoms with Gasteiger partial charge in [0.25, 0.3) is 0 Å². The number of hydrogen-bond donors (Lipinski definition) is 0. The molecule has 0 aliphatic carbocycles. The SMILES string of the molecule is COc1ccc(OCCCn2c(C3CC(=O)N(c4ccc(C)cc4)C3)nc3ccccc32)cc1. The van der Waals surface area contributed by atoms with Crippen molar-refractivity contribution in [3.8, 4) is 11.5 Å². The van der Waals surface area contributed by atoms with Gasteiger partial charge < -0.3 is 18.9 Å². The van der Waals surface area contributed by atoms with Crippen molar-refractivity contribution in [1.82, 2.24) is 9.55 Å². The van der Waals surface area contributed by atoms with E-state index in [1.807, 2.05) is 71.6 Å². The molecular weight excluding hydrogens is 426 g/mol. The van der Waals surface area contributed by atoms with Crippen molar-refractivity contribution in [2.24, 2.45) is 0 Å². The van der Waals surface area contributed by atoms with Gasteiger partial charge in [0.15, 0.2) is 0 Å². The number of carbonyl (C=O) groups excluding carboxylic acids is 1. The van der Waals surface area contributed by atoms with Gasteiger partial charge in [-0.25, -0.2) is 4.98 Å². The molecule has 1 aliphatic heterocycles. The van der Waals surface area contributed by atoms with E-state index in [4.69, 9.17) is 14.5 Å². The average Bonchev–Trinajstić information content (AvgIpc) is 3.43. The zero-order valence-electron chi connectivity index (χ0n) is 19.6. The first-order chi connectivity index (χ1) is 16.6. The molecule has 0 spiro atoms. The van der Waals surface area contributed by atoms with Crippen molar-refractivity contribution in [3.05, 3.63) is 84.2 Å². The summed E-state index contributed by atoms with van der Waals surface area (Å²) in [5, 5.41) is 0. The van der Waals surface area contributed by atoms with Crippen molar-refractivity contribution in [1.29, 1.82) is 0 Å². The molecule has 1 fully saturated rings. The minimum atomic E-state index is 0.0590. The van der Waals surface area contributed by atoms with Crippen LogP contribution in [0.2, 0.25) is 0 Å². The standard InChI is InChI=1S/C28H29N3O3/c1-20-8-10-22(11-9-20)31-19-21(18-27(31)32)28-29-25-6-3-4-7-26(25)30(28)16-5-17-34-24-14-12-23(33-2)13-15-24/h3-4,6-15,21H,5,16-19H2,1-2H3. The third-order valence-electron chi connectivity index (χ3n) is 6.37. The van der Waals surface area contributed by atoms with Crippen LogP contribution in [0.15, 0.2) is 72.8 Å². The van der Waals surface area contributed by atoms with E-state index in [9.17, 15) is 4.79 Å². The van der Waals surface area contributed by atoms with E-state index in [-0.39, 0.29) is 11.8 Å². The maximum atomic E-state index is 12.9. The summed E-state index contributed by atoms with van der Waals surface area (Å²) in [5.41, 5.74) is 4.21. The first-order valence-corrected chi connectivity index (χ1v) is 11.7. The first-order valence-electron chi connectivity index (χ1n) is 11.7. The summed E-state index contributed by atoms with van der Waals surface area (Å²) >= 11 is 0. The third kappa shape index (κ3) is 4.49. The van der Waals surface area contributed by atoms with E-state index < -0.39 is 0 Å². The summed E-state index contributed by atoms with van der Waals surface area (Å²) in [4.78, 5) is 19.7. The number of rotatable bonds is 8. The topological polar surface area (TPSA) is 56.6 Å². The Morgan fingerprint density at radius 2 is 1.71 bits per heavy atom. The van der Waals surface area contributed by atoms with Crippen molar-refractivity contribution < 1.29 is 14.3 Å². The number of hydrogen-bond acceptors (Lipinski definition) is 4.